The molecule has 0 bridgehead atoms. The third-order valence-electron chi connectivity index (χ3n) is 5.70. The minimum atomic E-state index is -0.477. The lowest BCUT2D eigenvalue weighted by molar-refractivity contribution is 0.343. The Morgan fingerprint density at radius 1 is 0.870 bits per heavy atom. The summed E-state index contributed by atoms with van der Waals surface area (Å²) in [6, 6.07) is 8.91. The van der Waals surface area contributed by atoms with Gasteiger partial charge in [0.15, 0.2) is 0 Å². The SMILES string of the molecule is CC(C)C1CCS(=O)CC1.CC(C)C1CCc2ccccc2C1. The molecule has 1 atom stereocenters. The maximum absolute atomic E-state index is 10.9. The van der Waals surface area contributed by atoms with Crippen LogP contribution in [0.4, 0.5) is 0 Å². The Bertz CT molecular complexity index is 496. The Kier molecular flexibility index (Phi) is 7.33. The van der Waals surface area contributed by atoms with Crippen LogP contribution in [0.25, 0.3) is 0 Å². The Hall–Kier alpha value is -0.630. The van der Waals surface area contributed by atoms with Crippen molar-refractivity contribution in [2.45, 2.75) is 59.8 Å². The fourth-order valence-corrected chi connectivity index (χ4v) is 5.11. The van der Waals surface area contributed by atoms with E-state index in [1.165, 1.54) is 32.1 Å². The molecule has 0 saturated carbocycles. The molecule has 1 nitrogen and oxygen atoms in total. The zero-order valence-corrected chi connectivity index (χ0v) is 16.2. The quantitative estimate of drug-likeness (QED) is 0.722. The Labute approximate surface area is 145 Å². The molecule has 1 fully saturated rings. The van der Waals surface area contributed by atoms with Crippen molar-refractivity contribution >= 4 is 10.8 Å². The molecule has 23 heavy (non-hydrogen) atoms. The number of hydrogen-bond donors (Lipinski definition) is 0. The van der Waals surface area contributed by atoms with E-state index >= 15 is 0 Å². The predicted molar refractivity (Wildman–Crippen MR) is 102 cm³/mol. The van der Waals surface area contributed by atoms with E-state index in [-0.39, 0.29) is 0 Å². The summed E-state index contributed by atoms with van der Waals surface area (Å²) in [7, 11) is -0.477. The summed E-state index contributed by atoms with van der Waals surface area (Å²) in [5.74, 6) is 5.28. The van der Waals surface area contributed by atoms with Crippen LogP contribution >= 0.6 is 0 Å². The first kappa shape index (κ1) is 18.7. The summed E-state index contributed by atoms with van der Waals surface area (Å²) in [4.78, 5) is 0. The van der Waals surface area contributed by atoms with Crippen molar-refractivity contribution in [3.05, 3.63) is 35.4 Å². The van der Waals surface area contributed by atoms with Gasteiger partial charge in [-0.2, -0.15) is 0 Å². The van der Waals surface area contributed by atoms with Gasteiger partial charge in [0.25, 0.3) is 0 Å². The van der Waals surface area contributed by atoms with E-state index in [0.29, 0.717) is 0 Å². The van der Waals surface area contributed by atoms with Crippen LogP contribution in [0.5, 0.6) is 0 Å². The number of hydrogen-bond acceptors (Lipinski definition) is 1. The maximum atomic E-state index is 10.9. The van der Waals surface area contributed by atoms with Gasteiger partial charge in [-0.1, -0.05) is 52.0 Å². The number of aryl methyl sites for hydroxylation is 1. The highest BCUT2D eigenvalue weighted by Gasteiger charge is 2.20. The van der Waals surface area contributed by atoms with Gasteiger partial charge in [0, 0.05) is 22.3 Å². The molecule has 3 rings (SSSR count). The summed E-state index contributed by atoms with van der Waals surface area (Å²) in [5.41, 5.74) is 3.17. The molecule has 0 radical (unpaired) electrons. The van der Waals surface area contributed by atoms with Crippen LogP contribution in [0.3, 0.4) is 0 Å². The molecule has 130 valence electrons. The first-order valence-electron chi connectivity index (χ1n) is 9.39. The van der Waals surface area contributed by atoms with Gasteiger partial charge < -0.3 is 0 Å². The lowest BCUT2D eigenvalue weighted by atomic mass is 9.78. The Balaban J connectivity index is 0.000000174. The second-order valence-electron chi connectivity index (χ2n) is 7.95. The molecular weight excluding hydrogens is 300 g/mol. The van der Waals surface area contributed by atoms with Crippen molar-refractivity contribution in [3.8, 4) is 0 Å². The monoisotopic (exact) mass is 334 g/mol. The normalized spacial score (nSPS) is 27.3. The molecule has 2 aliphatic rings. The first-order valence-corrected chi connectivity index (χ1v) is 10.9. The minimum Gasteiger partial charge on any atom is -0.260 e. The molecule has 2 heteroatoms. The van der Waals surface area contributed by atoms with Crippen molar-refractivity contribution in [2.24, 2.45) is 23.7 Å². The molecule has 1 heterocycles. The second kappa shape index (κ2) is 9.01. The fraction of sp³-hybridized carbons (Fsp3) is 0.714. The van der Waals surface area contributed by atoms with E-state index in [1.54, 1.807) is 11.1 Å². The molecule has 1 aromatic rings. The summed E-state index contributed by atoms with van der Waals surface area (Å²) in [6.07, 6.45) is 6.34. The third kappa shape index (κ3) is 5.74. The van der Waals surface area contributed by atoms with Crippen molar-refractivity contribution < 1.29 is 4.21 Å². The van der Waals surface area contributed by atoms with Crippen LogP contribution in [-0.4, -0.2) is 15.7 Å². The number of benzene rings is 1. The van der Waals surface area contributed by atoms with Crippen LogP contribution in [0.2, 0.25) is 0 Å². The molecule has 1 aliphatic heterocycles. The molecule has 1 unspecified atom stereocenters. The Morgan fingerprint density at radius 3 is 2.00 bits per heavy atom. The predicted octanol–water partition coefficient (Wildman–Crippen LogP) is 5.25. The zero-order chi connectivity index (χ0) is 16.8. The lowest BCUT2D eigenvalue weighted by Crippen LogP contribution is -2.21. The fourth-order valence-electron chi connectivity index (χ4n) is 3.77. The summed E-state index contributed by atoms with van der Waals surface area (Å²) >= 11 is 0. The van der Waals surface area contributed by atoms with Gasteiger partial charge in [-0.3, -0.25) is 4.21 Å². The topological polar surface area (TPSA) is 17.1 Å². The molecule has 1 aliphatic carbocycles. The van der Waals surface area contributed by atoms with E-state index in [1.807, 2.05) is 0 Å². The largest absolute Gasteiger partial charge is 0.260 e. The summed E-state index contributed by atoms with van der Waals surface area (Å²) in [5, 5.41) is 0. The van der Waals surface area contributed by atoms with E-state index in [4.69, 9.17) is 0 Å². The lowest BCUT2D eigenvalue weighted by Gasteiger charge is -2.27. The van der Waals surface area contributed by atoms with Gasteiger partial charge in [0.05, 0.1) is 0 Å². The van der Waals surface area contributed by atoms with Crippen LogP contribution in [0.15, 0.2) is 24.3 Å². The zero-order valence-electron chi connectivity index (χ0n) is 15.4. The Morgan fingerprint density at radius 2 is 1.43 bits per heavy atom. The van der Waals surface area contributed by atoms with Gasteiger partial charge >= 0.3 is 0 Å². The van der Waals surface area contributed by atoms with E-state index in [2.05, 4.69) is 52.0 Å². The van der Waals surface area contributed by atoms with Crippen LogP contribution in [0.1, 0.15) is 58.1 Å². The van der Waals surface area contributed by atoms with E-state index in [0.717, 1.165) is 35.2 Å². The van der Waals surface area contributed by atoms with Gasteiger partial charge in [-0.15, -0.1) is 0 Å². The van der Waals surface area contributed by atoms with E-state index in [9.17, 15) is 4.21 Å². The number of fused-ring (bicyclic) bond motifs is 1. The van der Waals surface area contributed by atoms with Gasteiger partial charge in [-0.05, 0) is 66.9 Å². The second-order valence-corrected chi connectivity index (χ2v) is 9.64. The van der Waals surface area contributed by atoms with Crippen molar-refractivity contribution in [2.75, 3.05) is 11.5 Å². The van der Waals surface area contributed by atoms with Crippen molar-refractivity contribution in [1.82, 2.24) is 0 Å². The average Bonchev–Trinajstić information content (AvgIpc) is 2.55. The first-order chi connectivity index (χ1) is 11.0. The molecule has 0 aromatic heterocycles. The van der Waals surface area contributed by atoms with Crippen molar-refractivity contribution in [3.63, 3.8) is 0 Å². The van der Waals surface area contributed by atoms with Crippen molar-refractivity contribution in [1.29, 1.82) is 0 Å². The summed E-state index contributed by atoms with van der Waals surface area (Å²) in [6.45, 7) is 9.22. The molecule has 1 aromatic carbocycles. The smallest absolute Gasteiger partial charge is 0.0237 e. The average molecular weight is 335 g/mol. The minimum absolute atomic E-state index is 0.477. The van der Waals surface area contributed by atoms with Crippen LogP contribution < -0.4 is 0 Å². The highest BCUT2D eigenvalue weighted by Crippen LogP contribution is 2.29. The van der Waals surface area contributed by atoms with Crippen LogP contribution in [-0.2, 0) is 23.6 Å². The third-order valence-corrected chi connectivity index (χ3v) is 7.09. The molecule has 1 saturated heterocycles. The summed E-state index contributed by atoms with van der Waals surface area (Å²) < 4.78 is 10.9. The molecule has 0 spiro atoms. The molecule has 0 N–H and O–H groups in total. The maximum Gasteiger partial charge on any atom is 0.0237 e. The highest BCUT2D eigenvalue weighted by molar-refractivity contribution is 7.85. The van der Waals surface area contributed by atoms with E-state index < -0.39 is 10.8 Å². The molecular formula is C21H34OS. The van der Waals surface area contributed by atoms with Gasteiger partial charge in [-0.25, -0.2) is 0 Å². The standard InChI is InChI=1S/C13H18.C8H16OS/c1-10(2)12-8-7-11-5-3-4-6-13(11)9-12;1-7(2)8-3-5-10(9)6-4-8/h3-6,10,12H,7-9H2,1-2H3;7-8H,3-6H2,1-2H3. The molecule has 0 amide bonds. The number of rotatable bonds is 2. The van der Waals surface area contributed by atoms with Crippen LogP contribution in [0, 0.1) is 23.7 Å². The highest BCUT2D eigenvalue weighted by atomic mass is 32.2. The van der Waals surface area contributed by atoms with Gasteiger partial charge in [0.1, 0.15) is 0 Å². The van der Waals surface area contributed by atoms with Gasteiger partial charge in [0.2, 0.25) is 0 Å².